The van der Waals surface area contributed by atoms with Crippen molar-refractivity contribution >= 4 is 35.0 Å². The van der Waals surface area contributed by atoms with E-state index >= 15 is 0 Å². The van der Waals surface area contributed by atoms with Crippen molar-refractivity contribution in [3.8, 4) is 17.2 Å². The van der Waals surface area contributed by atoms with Crippen LogP contribution >= 0.6 is 23.4 Å². The molecule has 1 heterocycles. The van der Waals surface area contributed by atoms with Crippen molar-refractivity contribution < 1.29 is 13.9 Å². The van der Waals surface area contributed by atoms with E-state index in [0.29, 0.717) is 21.8 Å². The van der Waals surface area contributed by atoms with E-state index in [4.69, 9.17) is 20.8 Å². The lowest BCUT2D eigenvalue weighted by Crippen LogP contribution is -2.14. The van der Waals surface area contributed by atoms with E-state index in [1.54, 1.807) is 19.2 Å². The Morgan fingerprint density at radius 1 is 1.23 bits per heavy atom. The van der Waals surface area contributed by atoms with Crippen LogP contribution in [0.15, 0.2) is 52.1 Å². The Labute approximate surface area is 159 Å². The van der Waals surface area contributed by atoms with Crippen molar-refractivity contribution in [1.29, 1.82) is 0 Å². The lowest BCUT2D eigenvalue weighted by atomic mass is 10.2. The van der Waals surface area contributed by atoms with E-state index in [9.17, 15) is 4.79 Å². The summed E-state index contributed by atoms with van der Waals surface area (Å²) in [6, 6.07) is 12.6. The molecule has 6 nitrogen and oxygen atoms in total. The van der Waals surface area contributed by atoms with E-state index in [1.807, 2.05) is 37.3 Å². The van der Waals surface area contributed by atoms with Gasteiger partial charge in [0.1, 0.15) is 5.75 Å². The highest BCUT2D eigenvalue weighted by Gasteiger charge is 2.12. The first-order chi connectivity index (χ1) is 12.5. The summed E-state index contributed by atoms with van der Waals surface area (Å²) < 4.78 is 10.7. The maximum Gasteiger partial charge on any atom is 0.277 e. The van der Waals surface area contributed by atoms with Crippen molar-refractivity contribution in [2.75, 3.05) is 18.2 Å². The lowest BCUT2D eigenvalue weighted by molar-refractivity contribution is -0.113. The molecule has 8 heteroatoms. The second-order valence-corrected chi connectivity index (χ2v) is 6.76. The number of carbonyl (C=O) groups excluding carboxylic acids is 1. The quantitative estimate of drug-likeness (QED) is 0.628. The predicted octanol–water partition coefficient (Wildman–Crippen LogP) is 4.44. The first kappa shape index (κ1) is 18.3. The highest BCUT2D eigenvalue weighted by Crippen LogP contribution is 2.25. The molecule has 0 saturated carbocycles. The number of halogens is 1. The van der Waals surface area contributed by atoms with Crippen LogP contribution in [0, 0.1) is 6.92 Å². The first-order valence-corrected chi connectivity index (χ1v) is 9.08. The minimum Gasteiger partial charge on any atom is -0.497 e. The van der Waals surface area contributed by atoms with Crippen LogP contribution in [0.2, 0.25) is 5.02 Å². The molecule has 1 aromatic heterocycles. The summed E-state index contributed by atoms with van der Waals surface area (Å²) in [6.45, 7) is 1.90. The third-order valence-corrected chi connectivity index (χ3v) is 4.60. The monoisotopic (exact) mass is 389 g/mol. The molecule has 0 aliphatic carbocycles. The number of carbonyl (C=O) groups is 1. The fraction of sp³-hybridized carbons (Fsp3) is 0.167. The van der Waals surface area contributed by atoms with Crippen LogP contribution in [0.3, 0.4) is 0 Å². The van der Waals surface area contributed by atoms with E-state index in [0.717, 1.165) is 16.9 Å². The van der Waals surface area contributed by atoms with Gasteiger partial charge in [-0.15, -0.1) is 10.2 Å². The van der Waals surface area contributed by atoms with Gasteiger partial charge in [0, 0.05) is 16.3 Å². The Hall–Kier alpha value is -2.51. The van der Waals surface area contributed by atoms with Crippen LogP contribution in [0.1, 0.15) is 5.56 Å². The van der Waals surface area contributed by atoms with Crippen molar-refractivity contribution in [3.63, 3.8) is 0 Å². The number of hydrogen-bond donors (Lipinski definition) is 1. The summed E-state index contributed by atoms with van der Waals surface area (Å²) >= 11 is 7.13. The average molecular weight is 390 g/mol. The smallest absolute Gasteiger partial charge is 0.277 e. The molecule has 1 N–H and O–H groups in total. The summed E-state index contributed by atoms with van der Waals surface area (Å²) in [4.78, 5) is 12.1. The molecule has 134 valence electrons. The number of amides is 1. The molecule has 26 heavy (non-hydrogen) atoms. The molecular formula is C18H16ClN3O3S. The number of aromatic nitrogens is 2. The maximum absolute atomic E-state index is 12.1. The van der Waals surface area contributed by atoms with Crippen LogP contribution < -0.4 is 10.1 Å². The van der Waals surface area contributed by atoms with Gasteiger partial charge in [0.05, 0.1) is 12.9 Å². The van der Waals surface area contributed by atoms with Crippen LogP contribution in [0.25, 0.3) is 11.5 Å². The van der Waals surface area contributed by atoms with E-state index < -0.39 is 0 Å². The van der Waals surface area contributed by atoms with Gasteiger partial charge >= 0.3 is 0 Å². The normalized spacial score (nSPS) is 10.6. The fourth-order valence-electron chi connectivity index (χ4n) is 2.16. The molecule has 0 saturated heterocycles. The van der Waals surface area contributed by atoms with Gasteiger partial charge in [-0.2, -0.15) is 0 Å². The number of rotatable bonds is 6. The number of aryl methyl sites for hydroxylation is 1. The van der Waals surface area contributed by atoms with E-state index in [2.05, 4.69) is 15.5 Å². The number of nitrogens with one attached hydrogen (secondary N) is 1. The SMILES string of the molecule is COc1ccc(-c2nnc(SCC(=O)Nc3cc(Cl)ccc3C)o2)cc1. The Kier molecular flexibility index (Phi) is 5.80. The highest BCUT2D eigenvalue weighted by atomic mass is 35.5. The van der Waals surface area contributed by atoms with Crippen LogP contribution in [0.4, 0.5) is 5.69 Å². The Morgan fingerprint density at radius 3 is 2.73 bits per heavy atom. The largest absolute Gasteiger partial charge is 0.497 e. The zero-order chi connectivity index (χ0) is 18.5. The van der Waals surface area contributed by atoms with Gasteiger partial charge in [-0.3, -0.25) is 4.79 Å². The molecule has 0 spiro atoms. The zero-order valence-electron chi connectivity index (χ0n) is 14.2. The summed E-state index contributed by atoms with van der Waals surface area (Å²) in [5, 5.41) is 11.7. The van der Waals surface area contributed by atoms with Gasteiger partial charge in [0.2, 0.25) is 11.8 Å². The molecule has 3 aromatic rings. The van der Waals surface area contributed by atoms with Crippen LogP contribution in [-0.2, 0) is 4.79 Å². The van der Waals surface area contributed by atoms with Gasteiger partial charge < -0.3 is 14.5 Å². The topological polar surface area (TPSA) is 77.2 Å². The van der Waals surface area contributed by atoms with E-state index in [-0.39, 0.29) is 11.7 Å². The zero-order valence-corrected chi connectivity index (χ0v) is 15.7. The molecule has 0 radical (unpaired) electrons. The lowest BCUT2D eigenvalue weighted by Gasteiger charge is -2.07. The molecule has 0 bridgehead atoms. The summed E-state index contributed by atoms with van der Waals surface area (Å²) in [5.41, 5.74) is 2.41. The summed E-state index contributed by atoms with van der Waals surface area (Å²) in [7, 11) is 1.60. The molecule has 0 atom stereocenters. The number of benzene rings is 2. The molecule has 0 aliphatic heterocycles. The van der Waals surface area contributed by atoms with Gasteiger partial charge in [-0.05, 0) is 48.9 Å². The van der Waals surface area contributed by atoms with E-state index in [1.165, 1.54) is 11.8 Å². The third-order valence-electron chi connectivity index (χ3n) is 3.54. The van der Waals surface area contributed by atoms with Gasteiger partial charge in [0.25, 0.3) is 5.22 Å². The number of anilines is 1. The minimum absolute atomic E-state index is 0.149. The molecule has 0 fully saturated rings. The number of nitrogens with zero attached hydrogens (tertiary/aromatic N) is 2. The third kappa shape index (κ3) is 4.56. The second-order valence-electron chi connectivity index (χ2n) is 5.40. The fourth-order valence-corrected chi connectivity index (χ4v) is 2.90. The predicted molar refractivity (Wildman–Crippen MR) is 102 cm³/mol. The van der Waals surface area contributed by atoms with Gasteiger partial charge in [0.15, 0.2) is 0 Å². The van der Waals surface area contributed by atoms with Crippen molar-refractivity contribution in [2.24, 2.45) is 0 Å². The van der Waals surface area contributed by atoms with Crippen molar-refractivity contribution in [1.82, 2.24) is 10.2 Å². The molecule has 1 amide bonds. The average Bonchev–Trinajstić information content (AvgIpc) is 3.12. The number of ether oxygens (including phenoxy) is 1. The minimum atomic E-state index is -0.176. The van der Waals surface area contributed by atoms with Crippen molar-refractivity contribution in [3.05, 3.63) is 53.1 Å². The van der Waals surface area contributed by atoms with Crippen LogP contribution in [0.5, 0.6) is 5.75 Å². The molecule has 2 aromatic carbocycles. The second kappa shape index (κ2) is 8.25. The molecule has 0 unspecified atom stereocenters. The standard InChI is InChI=1S/C18H16ClN3O3S/c1-11-3-6-13(19)9-15(11)20-16(23)10-26-18-22-21-17(25-18)12-4-7-14(24-2)8-5-12/h3-9H,10H2,1-2H3,(H,20,23). The van der Waals surface area contributed by atoms with Gasteiger partial charge in [-0.25, -0.2) is 0 Å². The number of thioether (sulfide) groups is 1. The molecular weight excluding hydrogens is 374 g/mol. The van der Waals surface area contributed by atoms with Crippen molar-refractivity contribution in [2.45, 2.75) is 12.1 Å². The molecule has 0 aliphatic rings. The Balaban J connectivity index is 1.58. The summed E-state index contributed by atoms with van der Waals surface area (Å²) in [5.74, 6) is 1.11. The first-order valence-electron chi connectivity index (χ1n) is 7.72. The van der Waals surface area contributed by atoms with Crippen LogP contribution in [-0.4, -0.2) is 29.0 Å². The summed E-state index contributed by atoms with van der Waals surface area (Å²) in [6.07, 6.45) is 0. The number of methoxy groups -OCH3 is 1. The highest BCUT2D eigenvalue weighted by molar-refractivity contribution is 7.99. The Morgan fingerprint density at radius 2 is 2.00 bits per heavy atom. The molecule has 3 rings (SSSR count). The maximum atomic E-state index is 12.1. The Bertz CT molecular complexity index is 912. The number of hydrogen-bond acceptors (Lipinski definition) is 6. The van der Waals surface area contributed by atoms with Gasteiger partial charge in [-0.1, -0.05) is 29.4 Å².